The van der Waals surface area contributed by atoms with Crippen molar-refractivity contribution in [3.05, 3.63) is 21.6 Å². The van der Waals surface area contributed by atoms with Crippen LogP contribution in [0.15, 0.2) is 16.6 Å². The van der Waals surface area contributed by atoms with Gasteiger partial charge in [0.15, 0.2) is 5.75 Å². The topological polar surface area (TPSA) is 35.2 Å². The maximum absolute atomic E-state index is 5.82. The summed E-state index contributed by atoms with van der Waals surface area (Å²) in [5.41, 5.74) is 6.33. The first-order chi connectivity index (χ1) is 6.50. The molecule has 0 aliphatic heterocycles. The third-order valence-corrected chi connectivity index (χ3v) is 2.41. The van der Waals surface area contributed by atoms with Crippen molar-refractivity contribution in [2.24, 2.45) is 5.92 Å². The van der Waals surface area contributed by atoms with Crippen LogP contribution in [0.5, 0.6) is 5.75 Å². The molecule has 14 heavy (non-hydrogen) atoms. The van der Waals surface area contributed by atoms with Crippen LogP contribution in [0.3, 0.4) is 0 Å². The summed E-state index contributed by atoms with van der Waals surface area (Å²) >= 11 is 9.18. The van der Waals surface area contributed by atoms with Crippen LogP contribution in [-0.4, -0.2) is 6.61 Å². The molecule has 1 rings (SSSR count). The molecule has 4 heteroatoms. The fraction of sp³-hybridized carbons (Fsp3) is 0.400. The van der Waals surface area contributed by atoms with Gasteiger partial charge in [-0.1, -0.05) is 25.4 Å². The zero-order valence-electron chi connectivity index (χ0n) is 8.18. The highest BCUT2D eigenvalue weighted by Gasteiger charge is 2.08. The number of nitrogen functional groups attached to an aromatic ring is 1. The van der Waals surface area contributed by atoms with Crippen molar-refractivity contribution in [1.82, 2.24) is 0 Å². The first-order valence-electron chi connectivity index (χ1n) is 4.38. The van der Waals surface area contributed by atoms with Crippen LogP contribution in [-0.2, 0) is 0 Å². The van der Waals surface area contributed by atoms with Crippen LogP contribution in [0.1, 0.15) is 13.8 Å². The summed E-state index contributed by atoms with van der Waals surface area (Å²) in [6.07, 6.45) is 0. The standard InChI is InChI=1S/C10H13BrClNO/c1-6(2)5-14-10-8(11)3-7(12)4-9(10)13/h3-4,6H,5,13H2,1-2H3. The Balaban J connectivity index is 2.86. The third kappa shape index (κ3) is 3.07. The lowest BCUT2D eigenvalue weighted by Gasteiger charge is -2.12. The van der Waals surface area contributed by atoms with E-state index in [0.29, 0.717) is 29.0 Å². The predicted octanol–water partition coefficient (Wildman–Crippen LogP) is 3.72. The van der Waals surface area contributed by atoms with Gasteiger partial charge in [0.2, 0.25) is 0 Å². The SMILES string of the molecule is CC(C)COc1c(N)cc(Cl)cc1Br. The van der Waals surface area contributed by atoms with Gasteiger partial charge in [0.25, 0.3) is 0 Å². The minimum Gasteiger partial charge on any atom is -0.490 e. The fourth-order valence-electron chi connectivity index (χ4n) is 0.983. The highest BCUT2D eigenvalue weighted by Crippen LogP contribution is 2.34. The first-order valence-corrected chi connectivity index (χ1v) is 5.55. The molecule has 0 fully saturated rings. The number of halogens is 2. The Morgan fingerprint density at radius 3 is 2.64 bits per heavy atom. The van der Waals surface area contributed by atoms with Crippen molar-refractivity contribution in [3.63, 3.8) is 0 Å². The number of anilines is 1. The zero-order valence-corrected chi connectivity index (χ0v) is 10.5. The molecular weight excluding hydrogens is 265 g/mol. The molecule has 0 atom stereocenters. The summed E-state index contributed by atoms with van der Waals surface area (Å²) < 4.78 is 6.35. The highest BCUT2D eigenvalue weighted by molar-refractivity contribution is 9.10. The normalized spacial score (nSPS) is 10.6. The van der Waals surface area contributed by atoms with Crippen LogP contribution < -0.4 is 10.5 Å². The molecule has 0 radical (unpaired) electrons. The summed E-state index contributed by atoms with van der Waals surface area (Å²) in [6.45, 7) is 4.81. The van der Waals surface area contributed by atoms with Gasteiger partial charge >= 0.3 is 0 Å². The van der Waals surface area contributed by atoms with E-state index in [0.717, 1.165) is 4.47 Å². The second-order valence-electron chi connectivity index (χ2n) is 3.51. The van der Waals surface area contributed by atoms with Crippen molar-refractivity contribution in [3.8, 4) is 5.75 Å². The maximum atomic E-state index is 5.82. The molecule has 0 unspecified atom stereocenters. The molecule has 0 saturated heterocycles. The average Bonchev–Trinajstić information content (AvgIpc) is 2.01. The zero-order chi connectivity index (χ0) is 10.7. The highest BCUT2D eigenvalue weighted by atomic mass is 79.9. The van der Waals surface area contributed by atoms with Gasteiger partial charge in [-0.25, -0.2) is 0 Å². The number of rotatable bonds is 3. The molecule has 0 aliphatic carbocycles. The molecule has 0 spiro atoms. The molecule has 1 aromatic carbocycles. The first kappa shape index (κ1) is 11.7. The van der Waals surface area contributed by atoms with Crippen molar-refractivity contribution in [1.29, 1.82) is 0 Å². The minimum absolute atomic E-state index is 0.469. The smallest absolute Gasteiger partial charge is 0.156 e. The van der Waals surface area contributed by atoms with Crippen molar-refractivity contribution >= 4 is 33.2 Å². The van der Waals surface area contributed by atoms with Gasteiger partial charge in [-0.2, -0.15) is 0 Å². The molecule has 0 saturated carbocycles. The quantitative estimate of drug-likeness (QED) is 0.855. The summed E-state index contributed by atoms with van der Waals surface area (Å²) in [4.78, 5) is 0. The Morgan fingerprint density at radius 1 is 1.50 bits per heavy atom. The van der Waals surface area contributed by atoms with Gasteiger partial charge in [-0.05, 0) is 34.0 Å². The van der Waals surface area contributed by atoms with Crippen molar-refractivity contribution < 1.29 is 4.74 Å². The number of hydrogen-bond acceptors (Lipinski definition) is 2. The van der Waals surface area contributed by atoms with Crippen LogP contribution in [0, 0.1) is 5.92 Å². The van der Waals surface area contributed by atoms with E-state index in [2.05, 4.69) is 29.8 Å². The summed E-state index contributed by atoms with van der Waals surface area (Å²) in [5, 5.41) is 0.603. The Bertz CT molecular complexity index is 305. The molecule has 2 nitrogen and oxygen atoms in total. The Hall–Kier alpha value is -0.410. The maximum Gasteiger partial charge on any atom is 0.156 e. The average molecular weight is 279 g/mol. The fourth-order valence-corrected chi connectivity index (χ4v) is 1.93. The summed E-state index contributed by atoms with van der Waals surface area (Å²) in [7, 11) is 0. The van der Waals surface area contributed by atoms with E-state index in [-0.39, 0.29) is 0 Å². The van der Waals surface area contributed by atoms with Gasteiger partial charge in [-0.3, -0.25) is 0 Å². The molecule has 0 heterocycles. The van der Waals surface area contributed by atoms with Gasteiger partial charge in [-0.15, -0.1) is 0 Å². The minimum atomic E-state index is 0.469. The Labute approximate surface area is 97.5 Å². The molecule has 2 N–H and O–H groups in total. The number of hydrogen-bond donors (Lipinski definition) is 1. The van der Waals surface area contributed by atoms with Gasteiger partial charge < -0.3 is 10.5 Å². The lowest BCUT2D eigenvalue weighted by Crippen LogP contribution is -2.06. The molecule has 0 aliphatic rings. The Kier molecular flexibility index (Phi) is 4.08. The lowest BCUT2D eigenvalue weighted by atomic mass is 10.2. The molecule has 1 aromatic rings. The predicted molar refractivity (Wildman–Crippen MR) is 63.9 cm³/mol. The molecule has 0 aromatic heterocycles. The largest absolute Gasteiger partial charge is 0.490 e. The lowest BCUT2D eigenvalue weighted by molar-refractivity contribution is 0.271. The second kappa shape index (κ2) is 4.89. The van der Waals surface area contributed by atoms with E-state index in [4.69, 9.17) is 22.1 Å². The van der Waals surface area contributed by atoms with E-state index in [1.54, 1.807) is 12.1 Å². The van der Waals surface area contributed by atoms with Crippen LogP contribution in [0.25, 0.3) is 0 Å². The molecular formula is C10H13BrClNO. The molecule has 78 valence electrons. The Morgan fingerprint density at radius 2 is 2.14 bits per heavy atom. The van der Waals surface area contributed by atoms with E-state index in [1.807, 2.05) is 0 Å². The third-order valence-electron chi connectivity index (χ3n) is 1.60. The second-order valence-corrected chi connectivity index (χ2v) is 4.80. The van der Waals surface area contributed by atoms with Gasteiger partial charge in [0.05, 0.1) is 16.8 Å². The van der Waals surface area contributed by atoms with Crippen LogP contribution in [0.4, 0.5) is 5.69 Å². The summed E-state index contributed by atoms with van der Waals surface area (Å²) in [5.74, 6) is 1.14. The van der Waals surface area contributed by atoms with Gasteiger partial charge in [0, 0.05) is 5.02 Å². The van der Waals surface area contributed by atoms with Crippen molar-refractivity contribution in [2.75, 3.05) is 12.3 Å². The number of nitrogens with two attached hydrogens (primary N) is 1. The summed E-state index contributed by atoms with van der Waals surface area (Å²) in [6, 6.07) is 3.45. The molecule has 0 amide bonds. The molecule has 0 bridgehead atoms. The van der Waals surface area contributed by atoms with Gasteiger partial charge in [0.1, 0.15) is 0 Å². The van der Waals surface area contributed by atoms with Crippen LogP contribution >= 0.6 is 27.5 Å². The van der Waals surface area contributed by atoms with Crippen molar-refractivity contribution in [2.45, 2.75) is 13.8 Å². The monoisotopic (exact) mass is 277 g/mol. The number of benzene rings is 1. The number of ether oxygens (including phenoxy) is 1. The van der Waals surface area contributed by atoms with E-state index in [9.17, 15) is 0 Å². The van der Waals surface area contributed by atoms with E-state index >= 15 is 0 Å². The van der Waals surface area contributed by atoms with E-state index in [1.165, 1.54) is 0 Å². The van der Waals surface area contributed by atoms with E-state index < -0.39 is 0 Å². The van der Waals surface area contributed by atoms with Crippen LogP contribution in [0.2, 0.25) is 5.02 Å².